The van der Waals surface area contributed by atoms with Crippen LogP contribution in [0, 0.1) is 59.2 Å². The molecule has 0 amide bonds. The largest absolute Gasteiger partial charge is 0.353 e. The van der Waals surface area contributed by atoms with Crippen LogP contribution in [0.25, 0.3) is 0 Å². The van der Waals surface area contributed by atoms with E-state index in [1.54, 1.807) is 0 Å². The fourth-order valence-corrected chi connectivity index (χ4v) is 12.9. The molecule has 0 aliphatic carbocycles. The summed E-state index contributed by atoms with van der Waals surface area (Å²) >= 11 is 7.53. The van der Waals surface area contributed by atoms with Crippen molar-refractivity contribution in [2.45, 2.75) is 299 Å². The Morgan fingerprint density at radius 1 is 0.286 bits per heavy atom. The molecule has 0 bridgehead atoms. The number of halogens is 2. The topological polar surface area (TPSA) is 27.7 Å². The highest BCUT2D eigenvalue weighted by atomic mass is 79.9. The van der Waals surface area contributed by atoms with Gasteiger partial charge in [-0.05, 0) is 162 Å². The van der Waals surface area contributed by atoms with Crippen molar-refractivity contribution in [2.24, 2.45) is 59.2 Å². The van der Waals surface area contributed by atoms with E-state index in [0.29, 0.717) is 9.65 Å². The zero-order valence-electron chi connectivity index (χ0n) is 45.3. The Bertz CT molecular complexity index is 886. The van der Waals surface area contributed by atoms with Crippen molar-refractivity contribution in [1.82, 2.24) is 0 Å². The van der Waals surface area contributed by atoms with Crippen molar-refractivity contribution in [3.8, 4) is 0 Å². The SMILES string of the molecule is CCCCCCCCOC(CCCC(C)CC(C)CC(C)CC(C)CC(C)CC(C)Br)OC(CCCC(C)CC(C)CC(C)CC(C)CC(C)CC(C)Br)OCCCCCCCC. The van der Waals surface area contributed by atoms with E-state index in [2.05, 4.69) is 129 Å². The van der Waals surface area contributed by atoms with Crippen LogP contribution in [0.1, 0.15) is 277 Å². The van der Waals surface area contributed by atoms with Crippen molar-refractivity contribution in [3.05, 3.63) is 0 Å². The Morgan fingerprint density at radius 2 is 0.540 bits per heavy atom. The Morgan fingerprint density at radius 3 is 0.825 bits per heavy atom. The number of alkyl halides is 2. The van der Waals surface area contributed by atoms with Crippen LogP contribution in [-0.4, -0.2) is 35.4 Å². The van der Waals surface area contributed by atoms with E-state index in [4.69, 9.17) is 14.2 Å². The van der Waals surface area contributed by atoms with Gasteiger partial charge in [-0.1, -0.05) is 206 Å². The molecule has 0 fully saturated rings. The van der Waals surface area contributed by atoms with E-state index in [-0.39, 0.29) is 12.6 Å². The summed E-state index contributed by atoms with van der Waals surface area (Å²) in [5.41, 5.74) is 0. The first kappa shape index (κ1) is 63.8. The first-order valence-corrected chi connectivity index (χ1v) is 29.9. The van der Waals surface area contributed by atoms with Crippen LogP contribution in [0.3, 0.4) is 0 Å². The lowest BCUT2D eigenvalue weighted by Crippen LogP contribution is -2.28. The third-order valence-corrected chi connectivity index (χ3v) is 14.8. The van der Waals surface area contributed by atoms with Gasteiger partial charge in [0.05, 0.1) is 0 Å². The van der Waals surface area contributed by atoms with Crippen molar-refractivity contribution in [3.63, 3.8) is 0 Å². The van der Waals surface area contributed by atoms with Crippen molar-refractivity contribution in [1.29, 1.82) is 0 Å². The van der Waals surface area contributed by atoms with Crippen LogP contribution < -0.4 is 0 Å². The van der Waals surface area contributed by atoms with Crippen molar-refractivity contribution >= 4 is 31.9 Å². The fourth-order valence-electron chi connectivity index (χ4n) is 11.6. The molecule has 0 heterocycles. The maximum absolute atomic E-state index is 6.89. The lowest BCUT2D eigenvalue weighted by molar-refractivity contribution is -0.250. The molecule has 0 aliphatic rings. The van der Waals surface area contributed by atoms with Crippen LogP contribution in [0.15, 0.2) is 0 Å². The van der Waals surface area contributed by atoms with Crippen LogP contribution in [-0.2, 0) is 14.2 Å². The van der Waals surface area contributed by atoms with Crippen LogP contribution >= 0.6 is 31.9 Å². The second-order valence-electron chi connectivity index (χ2n) is 23.1. The van der Waals surface area contributed by atoms with Crippen LogP contribution in [0.5, 0.6) is 0 Å². The molecule has 0 radical (unpaired) electrons. The van der Waals surface area contributed by atoms with E-state index in [1.165, 1.54) is 141 Å². The number of hydrogen-bond acceptors (Lipinski definition) is 3. The molecule has 14 atom stereocenters. The smallest absolute Gasteiger partial charge is 0.160 e. The first-order chi connectivity index (χ1) is 29.9. The molecule has 0 aromatic rings. The van der Waals surface area contributed by atoms with Gasteiger partial charge < -0.3 is 14.2 Å². The van der Waals surface area contributed by atoms with Gasteiger partial charge >= 0.3 is 0 Å². The zero-order valence-corrected chi connectivity index (χ0v) is 48.4. The van der Waals surface area contributed by atoms with Gasteiger partial charge in [-0.15, -0.1) is 0 Å². The monoisotopic (exact) mass is 1020 g/mol. The van der Waals surface area contributed by atoms with Gasteiger partial charge in [0.25, 0.3) is 0 Å². The third-order valence-electron chi connectivity index (χ3n) is 14.1. The molecule has 380 valence electrons. The minimum absolute atomic E-state index is 0.163. The molecule has 63 heavy (non-hydrogen) atoms. The quantitative estimate of drug-likeness (QED) is 0.0345. The maximum atomic E-state index is 6.89. The summed E-state index contributed by atoms with van der Waals surface area (Å²) in [5, 5.41) is 0. The standard InChI is InChI=1S/C58H116Br2O3/c1-15-17-19-21-23-25-33-61-57(31-27-29-45(3)35-47(5)37-49(7)39-51(9)41-53(11)43-55(13)59)63-58(62-34-26-24-22-20-18-16-2)32-28-30-46(4)36-48(6)38-50(8)40-52(10)42-54(12)44-56(14)60/h45-58H,15-44H2,1-14H3. The summed E-state index contributed by atoms with van der Waals surface area (Å²) in [5.74, 6) is 7.87. The Balaban J connectivity index is 5.31. The predicted octanol–water partition coefficient (Wildman–Crippen LogP) is 20.6. The van der Waals surface area contributed by atoms with Crippen LogP contribution in [0.2, 0.25) is 0 Å². The Labute approximate surface area is 415 Å². The molecule has 0 spiro atoms. The first-order valence-electron chi connectivity index (χ1n) is 28.1. The van der Waals surface area contributed by atoms with E-state index >= 15 is 0 Å². The van der Waals surface area contributed by atoms with Gasteiger partial charge in [-0.25, -0.2) is 0 Å². The summed E-state index contributed by atoms with van der Waals surface area (Å²) in [6.45, 7) is 35.6. The molecular formula is C58H116Br2O3. The molecule has 0 saturated heterocycles. The fraction of sp³-hybridized carbons (Fsp3) is 1.00. The molecule has 0 aliphatic heterocycles. The molecule has 0 N–H and O–H groups in total. The minimum atomic E-state index is -0.163. The molecule has 0 rings (SSSR count). The predicted molar refractivity (Wildman–Crippen MR) is 290 cm³/mol. The molecule has 14 unspecified atom stereocenters. The Hall–Kier alpha value is 0.840. The highest BCUT2D eigenvalue weighted by Gasteiger charge is 2.22. The highest BCUT2D eigenvalue weighted by Crippen LogP contribution is 2.32. The molecule has 3 nitrogen and oxygen atoms in total. The summed E-state index contributed by atoms with van der Waals surface area (Å²) in [7, 11) is 0. The lowest BCUT2D eigenvalue weighted by Gasteiger charge is -2.27. The average Bonchev–Trinajstić information content (AvgIpc) is 3.15. The number of unbranched alkanes of at least 4 members (excludes halogenated alkanes) is 10. The van der Waals surface area contributed by atoms with Gasteiger partial charge in [0.2, 0.25) is 0 Å². The number of rotatable bonds is 46. The molecular weight excluding hydrogens is 904 g/mol. The van der Waals surface area contributed by atoms with Crippen molar-refractivity contribution in [2.75, 3.05) is 13.2 Å². The summed E-state index contributed by atoms with van der Waals surface area (Å²) in [6, 6.07) is 0. The lowest BCUT2D eigenvalue weighted by atomic mass is 9.82. The average molecular weight is 1020 g/mol. The number of ether oxygens (including phenoxy) is 3. The molecule has 0 aromatic heterocycles. The molecule has 0 saturated carbocycles. The van der Waals surface area contributed by atoms with E-state index in [1.807, 2.05) is 0 Å². The zero-order chi connectivity index (χ0) is 47.4. The molecule has 0 aromatic carbocycles. The summed E-state index contributed by atoms with van der Waals surface area (Å²) in [6.07, 6.45) is 35.3. The highest BCUT2D eigenvalue weighted by molar-refractivity contribution is 9.09. The third kappa shape index (κ3) is 41.5. The summed E-state index contributed by atoms with van der Waals surface area (Å²) < 4.78 is 20.1. The van der Waals surface area contributed by atoms with Gasteiger partial charge in [0, 0.05) is 22.9 Å². The van der Waals surface area contributed by atoms with Crippen LogP contribution in [0.4, 0.5) is 0 Å². The Kier molecular flexibility index (Phi) is 42.3. The van der Waals surface area contributed by atoms with E-state index in [9.17, 15) is 0 Å². The van der Waals surface area contributed by atoms with E-state index in [0.717, 1.165) is 111 Å². The van der Waals surface area contributed by atoms with Gasteiger partial charge in [-0.2, -0.15) is 0 Å². The second kappa shape index (κ2) is 41.8. The van der Waals surface area contributed by atoms with Gasteiger partial charge in [0.15, 0.2) is 12.6 Å². The van der Waals surface area contributed by atoms with E-state index < -0.39 is 0 Å². The van der Waals surface area contributed by atoms with Gasteiger partial charge in [-0.3, -0.25) is 0 Å². The second-order valence-corrected chi connectivity index (χ2v) is 26.2. The minimum Gasteiger partial charge on any atom is -0.353 e. The van der Waals surface area contributed by atoms with Gasteiger partial charge in [0.1, 0.15) is 0 Å². The summed E-state index contributed by atoms with van der Waals surface area (Å²) in [4.78, 5) is 1.25. The number of hydrogen-bond donors (Lipinski definition) is 0. The van der Waals surface area contributed by atoms with Crippen molar-refractivity contribution < 1.29 is 14.2 Å². The normalized spacial score (nSPS) is 19.0. The molecule has 5 heteroatoms. The maximum Gasteiger partial charge on any atom is 0.160 e.